The molecule has 0 spiro atoms. The minimum Gasteiger partial charge on any atom is -0.464 e. The average molecular weight is 344 g/mol. The van der Waals surface area contributed by atoms with Crippen LogP contribution in [0, 0.1) is 10.1 Å². The summed E-state index contributed by atoms with van der Waals surface area (Å²) in [5.41, 5.74) is 0.267. The van der Waals surface area contributed by atoms with Crippen molar-refractivity contribution in [1.29, 1.82) is 0 Å². The number of para-hydroxylation sites is 2. The van der Waals surface area contributed by atoms with Gasteiger partial charge in [-0.15, -0.1) is 0 Å². The van der Waals surface area contributed by atoms with E-state index in [2.05, 4.69) is 5.10 Å². The van der Waals surface area contributed by atoms with Crippen molar-refractivity contribution in [3.05, 3.63) is 52.3 Å². The minimum atomic E-state index is -0.493. The van der Waals surface area contributed by atoms with Crippen molar-refractivity contribution in [3.8, 4) is 5.75 Å². The Morgan fingerprint density at radius 3 is 2.60 bits per heavy atom. The number of hydrogen-bond donors (Lipinski definition) is 0. The van der Waals surface area contributed by atoms with Crippen LogP contribution in [0.5, 0.6) is 5.75 Å². The molecule has 2 aromatic rings. The minimum absolute atomic E-state index is 0.00185. The summed E-state index contributed by atoms with van der Waals surface area (Å²) < 4.78 is 6.94. The average Bonchev–Trinajstić information content (AvgIpc) is 2.92. The molecule has 0 N–H and O–H groups in total. The molecule has 1 aromatic carbocycles. The second kappa shape index (κ2) is 7.78. The second-order valence-corrected chi connectivity index (χ2v) is 5.95. The molecule has 1 aliphatic rings. The largest absolute Gasteiger partial charge is 0.464 e. The molecule has 0 atom stereocenters. The fourth-order valence-electron chi connectivity index (χ4n) is 2.85. The number of benzene rings is 1. The van der Waals surface area contributed by atoms with Crippen LogP contribution in [0.4, 0.5) is 5.69 Å². The molecular formula is C17H20N4O4. The first-order valence-corrected chi connectivity index (χ1v) is 8.34. The zero-order chi connectivity index (χ0) is 17.6. The second-order valence-electron chi connectivity index (χ2n) is 5.95. The normalized spacial score (nSPS) is 14.8. The highest BCUT2D eigenvalue weighted by Crippen LogP contribution is 2.26. The van der Waals surface area contributed by atoms with Gasteiger partial charge in [-0.3, -0.25) is 14.9 Å². The molecule has 25 heavy (non-hydrogen) atoms. The maximum absolute atomic E-state index is 12.5. The first-order valence-electron chi connectivity index (χ1n) is 8.34. The Morgan fingerprint density at radius 2 is 1.88 bits per heavy atom. The Balaban J connectivity index is 1.64. The van der Waals surface area contributed by atoms with Crippen molar-refractivity contribution in [3.63, 3.8) is 0 Å². The zero-order valence-corrected chi connectivity index (χ0v) is 13.8. The maximum Gasteiger partial charge on any atom is 0.311 e. The Kier molecular flexibility index (Phi) is 5.27. The van der Waals surface area contributed by atoms with Crippen LogP contribution in [0.1, 0.15) is 36.2 Å². The van der Waals surface area contributed by atoms with Crippen molar-refractivity contribution in [2.45, 2.75) is 32.4 Å². The van der Waals surface area contributed by atoms with Crippen LogP contribution in [0.15, 0.2) is 36.5 Å². The van der Waals surface area contributed by atoms with Crippen molar-refractivity contribution >= 4 is 11.6 Å². The standard InChI is InChI=1S/C17H20N4O4/c22-17(19-10-5-1-2-6-11-19)14-9-12-20(18-14)13-25-16-8-4-3-7-15(16)21(23)24/h3-4,7-9,12H,1-2,5-6,10-11,13H2. The van der Waals surface area contributed by atoms with E-state index >= 15 is 0 Å². The van der Waals surface area contributed by atoms with E-state index in [1.807, 2.05) is 4.90 Å². The third-order valence-corrected chi connectivity index (χ3v) is 4.17. The zero-order valence-electron chi connectivity index (χ0n) is 13.8. The maximum atomic E-state index is 12.5. The molecule has 1 saturated heterocycles. The Hall–Kier alpha value is -2.90. The summed E-state index contributed by atoms with van der Waals surface area (Å²) in [6.07, 6.45) is 5.99. The number of aromatic nitrogens is 2. The molecule has 8 heteroatoms. The van der Waals surface area contributed by atoms with Crippen LogP contribution < -0.4 is 4.74 Å². The summed E-state index contributed by atoms with van der Waals surface area (Å²) in [5.74, 6) is 0.0923. The van der Waals surface area contributed by atoms with Gasteiger partial charge in [0.05, 0.1) is 4.92 Å². The van der Waals surface area contributed by atoms with E-state index in [9.17, 15) is 14.9 Å². The molecule has 0 unspecified atom stereocenters. The smallest absolute Gasteiger partial charge is 0.311 e. The van der Waals surface area contributed by atoms with E-state index in [1.165, 1.54) is 16.8 Å². The predicted molar refractivity (Wildman–Crippen MR) is 90.3 cm³/mol. The van der Waals surface area contributed by atoms with Crippen molar-refractivity contribution < 1.29 is 14.5 Å². The lowest BCUT2D eigenvalue weighted by molar-refractivity contribution is -0.386. The molecule has 1 amide bonds. The SMILES string of the molecule is O=C(c1ccn(COc2ccccc2[N+](=O)[O-])n1)N1CCCCCC1. The summed E-state index contributed by atoms with van der Waals surface area (Å²) in [4.78, 5) is 24.8. The lowest BCUT2D eigenvalue weighted by atomic mass is 10.2. The van der Waals surface area contributed by atoms with Crippen molar-refractivity contribution in [1.82, 2.24) is 14.7 Å². The molecule has 1 aromatic heterocycles. The van der Waals surface area contributed by atoms with Gasteiger partial charge in [-0.25, -0.2) is 4.68 Å². The van der Waals surface area contributed by atoms with E-state index in [0.717, 1.165) is 38.8 Å². The summed E-state index contributed by atoms with van der Waals surface area (Å²) in [5, 5.41) is 15.2. The molecule has 0 saturated carbocycles. The van der Waals surface area contributed by atoms with E-state index < -0.39 is 4.92 Å². The molecule has 8 nitrogen and oxygen atoms in total. The number of rotatable bonds is 5. The van der Waals surface area contributed by atoms with Crippen LogP contribution in [0.25, 0.3) is 0 Å². The number of hydrogen-bond acceptors (Lipinski definition) is 5. The third-order valence-electron chi connectivity index (χ3n) is 4.17. The molecule has 1 fully saturated rings. The number of nitro benzene ring substituents is 1. The van der Waals surface area contributed by atoms with Crippen LogP contribution in [0.2, 0.25) is 0 Å². The van der Waals surface area contributed by atoms with Gasteiger partial charge < -0.3 is 9.64 Å². The van der Waals surface area contributed by atoms with Gasteiger partial charge in [0.2, 0.25) is 0 Å². The van der Waals surface area contributed by atoms with Crippen LogP contribution in [-0.2, 0) is 6.73 Å². The van der Waals surface area contributed by atoms with E-state index in [1.54, 1.807) is 24.4 Å². The van der Waals surface area contributed by atoms with E-state index in [-0.39, 0.29) is 24.1 Å². The topological polar surface area (TPSA) is 90.5 Å². The number of amides is 1. The van der Waals surface area contributed by atoms with E-state index in [0.29, 0.717) is 5.69 Å². The highest BCUT2D eigenvalue weighted by Gasteiger charge is 2.20. The predicted octanol–water partition coefficient (Wildman–Crippen LogP) is 2.84. The van der Waals surface area contributed by atoms with Gasteiger partial charge in [-0.2, -0.15) is 5.10 Å². The summed E-state index contributed by atoms with van der Waals surface area (Å²) >= 11 is 0. The molecular weight excluding hydrogens is 324 g/mol. The molecule has 3 rings (SSSR count). The fourth-order valence-corrected chi connectivity index (χ4v) is 2.85. The van der Waals surface area contributed by atoms with E-state index in [4.69, 9.17) is 4.74 Å². The van der Waals surface area contributed by atoms with Gasteiger partial charge in [0.25, 0.3) is 5.91 Å². The monoisotopic (exact) mass is 344 g/mol. The number of carbonyl (C=O) groups is 1. The molecule has 0 radical (unpaired) electrons. The first kappa shape index (κ1) is 16.9. The molecule has 0 bridgehead atoms. The highest BCUT2D eigenvalue weighted by atomic mass is 16.6. The Bertz CT molecular complexity index is 751. The molecule has 2 heterocycles. The quantitative estimate of drug-likeness (QED) is 0.614. The molecule has 1 aliphatic heterocycles. The summed E-state index contributed by atoms with van der Waals surface area (Å²) in [7, 11) is 0. The van der Waals surface area contributed by atoms with Gasteiger partial charge in [-0.1, -0.05) is 25.0 Å². The number of likely N-dealkylation sites (tertiary alicyclic amines) is 1. The van der Waals surface area contributed by atoms with Crippen LogP contribution in [0.3, 0.4) is 0 Å². The molecule has 0 aliphatic carbocycles. The molecule has 132 valence electrons. The fraction of sp³-hybridized carbons (Fsp3) is 0.412. The Morgan fingerprint density at radius 1 is 1.16 bits per heavy atom. The van der Waals surface area contributed by atoms with Gasteiger partial charge in [0, 0.05) is 25.4 Å². The summed E-state index contributed by atoms with van der Waals surface area (Å²) in [6, 6.07) is 7.81. The van der Waals surface area contributed by atoms with Crippen molar-refractivity contribution in [2.24, 2.45) is 0 Å². The third kappa shape index (κ3) is 4.14. The lowest BCUT2D eigenvalue weighted by Crippen LogP contribution is -2.32. The van der Waals surface area contributed by atoms with Gasteiger partial charge >= 0.3 is 5.69 Å². The number of carbonyl (C=O) groups excluding carboxylic acids is 1. The number of nitro groups is 1. The van der Waals surface area contributed by atoms with Crippen LogP contribution >= 0.6 is 0 Å². The van der Waals surface area contributed by atoms with Gasteiger partial charge in [-0.05, 0) is 25.0 Å². The van der Waals surface area contributed by atoms with Gasteiger partial charge in [0.15, 0.2) is 18.2 Å². The van der Waals surface area contributed by atoms with Crippen LogP contribution in [-0.4, -0.2) is 38.6 Å². The number of nitrogens with zero attached hydrogens (tertiary/aromatic N) is 4. The highest BCUT2D eigenvalue weighted by molar-refractivity contribution is 5.92. The number of ether oxygens (including phenoxy) is 1. The van der Waals surface area contributed by atoms with Gasteiger partial charge in [0.1, 0.15) is 0 Å². The lowest BCUT2D eigenvalue weighted by Gasteiger charge is -2.18. The summed E-state index contributed by atoms with van der Waals surface area (Å²) in [6.45, 7) is 1.52. The van der Waals surface area contributed by atoms with Crippen molar-refractivity contribution in [2.75, 3.05) is 13.1 Å². The first-order chi connectivity index (χ1) is 12.1. The Labute approximate surface area is 145 Å².